The Labute approximate surface area is 180 Å². The van der Waals surface area contributed by atoms with Crippen LogP contribution in [0.25, 0.3) is 11.1 Å². The summed E-state index contributed by atoms with van der Waals surface area (Å²) in [5.41, 5.74) is 6.82. The lowest BCUT2D eigenvalue weighted by atomic mass is 9.80. The molecular formula is C20H18FIN4OS. The molecule has 2 atom stereocenters. The summed E-state index contributed by atoms with van der Waals surface area (Å²) >= 11 is 3.67. The van der Waals surface area contributed by atoms with Crippen LogP contribution in [-0.2, 0) is 10.3 Å². The predicted molar refractivity (Wildman–Crippen MR) is 117 cm³/mol. The normalized spacial score (nSPS) is 22.0. The molecule has 8 heteroatoms. The lowest BCUT2D eigenvalue weighted by molar-refractivity contribution is -0.133. The molecule has 144 valence electrons. The van der Waals surface area contributed by atoms with Crippen LogP contribution in [0.3, 0.4) is 0 Å². The third-order valence-corrected chi connectivity index (χ3v) is 7.32. The van der Waals surface area contributed by atoms with Crippen LogP contribution in [0.5, 0.6) is 0 Å². The first-order valence-electron chi connectivity index (χ1n) is 8.46. The highest BCUT2D eigenvalue weighted by molar-refractivity contribution is 14.1. The van der Waals surface area contributed by atoms with Crippen molar-refractivity contribution in [2.24, 2.45) is 16.6 Å². The van der Waals surface area contributed by atoms with Crippen molar-refractivity contribution in [2.45, 2.75) is 18.9 Å². The molecule has 28 heavy (non-hydrogen) atoms. The number of guanidine groups is 1. The molecule has 0 spiro atoms. The van der Waals surface area contributed by atoms with Gasteiger partial charge in [0.25, 0.3) is 0 Å². The zero-order valence-corrected chi connectivity index (χ0v) is 18.3. The maximum Gasteiger partial charge on any atom is 0.235 e. The van der Waals surface area contributed by atoms with Crippen molar-refractivity contribution in [3.05, 3.63) is 56.1 Å². The number of hydrogen-bond acceptors (Lipinski definition) is 5. The molecule has 0 radical (unpaired) electrons. The molecule has 1 aromatic heterocycles. The van der Waals surface area contributed by atoms with Gasteiger partial charge in [0.2, 0.25) is 5.91 Å². The van der Waals surface area contributed by atoms with E-state index in [0.717, 1.165) is 13.3 Å². The predicted octanol–water partition coefficient (Wildman–Crippen LogP) is 4.22. The van der Waals surface area contributed by atoms with Crippen molar-refractivity contribution in [1.82, 2.24) is 4.90 Å². The molecule has 5 nitrogen and oxygen atoms in total. The minimum absolute atomic E-state index is 0.114. The first kappa shape index (κ1) is 20.5. The van der Waals surface area contributed by atoms with E-state index in [1.165, 1.54) is 28.4 Å². The summed E-state index contributed by atoms with van der Waals surface area (Å²) in [7, 11) is 1.61. The van der Waals surface area contributed by atoms with Crippen molar-refractivity contribution in [2.75, 3.05) is 7.05 Å². The molecule has 2 aromatic rings. The van der Waals surface area contributed by atoms with Gasteiger partial charge in [0.05, 0.1) is 20.4 Å². The second-order valence-corrected chi connectivity index (χ2v) is 9.59. The largest absolute Gasteiger partial charge is 0.369 e. The Morgan fingerprint density at radius 1 is 1.50 bits per heavy atom. The molecule has 2 heterocycles. The fourth-order valence-corrected chi connectivity index (χ4v) is 5.56. The van der Waals surface area contributed by atoms with E-state index in [1.807, 2.05) is 19.1 Å². The quantitative estimate of drug-likeness (QED) is 0.496. The summed E-state index contributed by atoms with van der Waals surface area (Å²) in [5, 5.41) is 9.13. The Bertz CT molecular complexity index is 1040. The summed E-state index contributed by atoms with van der Waals surface area (Å²) in [5.74, 6) is -0.857. The first-order chi connectivity index (χ1) is 13.2. The molecule has 0 saturated heterocycles. The molecule has 0 aliphatic carbocycles. The van der Waals surface area contributed by atoms with Gasteiger partial charge in [-0.3, -0.25) is 9.69 Å². The number of nitriles is 1. The highest BCUT2D eigenvalue weighted by Gasteiger charge is 2.46. The second-order valence-electron chi connectivity index (χ2n) is 6.73. The van der Waals surface area contributed by atoms with E-state index in [0.29, 0.717) is 12.0 Å². The fraction of sp³-hybridized carbons (Fsp3) is 0.250. The number of amides is 1. The number of nitrogens with two attached hydrogens (primary N) is 1. The van der Waals surface area contributed by atoms with Crippen molar-refractivity contribution in [1.29, 1.82) is 5.26 Å². The van der Waals surface area contributed by atoms with Gasteiger partial charge >= 0.3 is 0 Å². The van der Waals surface area contributed by atoms with Crippen molar-refractivity contribution >= 4 is 45.8 Å². The van der Waals surface area contributed by atoms with Gasteiger partial charge in [-0.2, -0.15) is 5.26 Å². The van der Waals surface area contributed by atoms with Gasteiger partial charge < -0.3 is 5.73 Å². The number of rotatable bonds is 4. The van der Waals surface area contributed by atoms with Crippen molar-refractivity contribution in [3.8, 4) is 17.2 Å². The van der Waals surface area contributed by atoms with E-state index in [1.54, 1.807) is 19.2 Å². The van der Waals surface area contributed by atoms with E-state index in [-0.39, 0.29) is 17.4 Å². The lowest BCUT2D eigenvalue weighted by Gasteiger charge is -2.39. The van der Waals surface area contributed by atoms with E-state index in [4.69, 9.17) is 11.0 Å². The summed E-state index contributed by atoms with van der Waals surface area (Å²) in [4.78, 5) is 19.7. The molecule has 0 unspecified atom stereocenters. The van der Waals surface area contributed by atoms with Crippen LogP contribution in [0.4, 0.5) is 4.39 Å². The van der Waals surface area contributed by atoms with Crippen molar-refractivity contribution in [3.63, 3.8) is 0 Å². The van der Waals surface area contributed by atoms with Crippen LogP contribution in [-0.4, -0.2) is 23.8 Å². The highest BCUT2D eigenvalue weighted by atomic mass is 127. The first-order valence-corrected chi connectivity index (χ1v) is 10.4. The number of aliphatic imine (C=N–C) groups is 1. The van der Waals surface area contributed by atoms with E-state index in [2.05, 4.69) is 34.2 Å². The standard InChI is InChI=1S/C20H18FIN4OS/c1-4-5-15-18(27)26(3)19(24)25-20(15,2)16-9-14(17(22)28-16)12-6-11(10-23)7-13(21)8-12/h4,6-9,15H,1,5H2,2-3H3,(H2,24,25)/t15-,20-/m0/s1. The minimum atomic E-state index is -0.851. The Morgan fingerprint density at radius 2 is 2.21 bits per heavy atom. The molecule has 1 amide bonds. The van der Waals surface area contributed by atoms with E-state index < -0.39 is 17.3 Å². The van der Waals surface area contributed by atoms with E-state index in [9.17, 15) is 9.18 Å². The Balaban J connectivity index is 2.16. The Morgan fingerprint density at radius 3 is 2.86 bits per heavy atom. The highest BCUT2D eigenvalue weighted by Crippen LogP contribution is 2.46. The SMILES string of the molecule is C=CC[C@H]1C(=O)N(C)C(N)=N[C@]1(C)c1cc(-c2cc(F)cc(C#N)c2)c(I)s1. The maximum atomic E-state index is 13.9. The van der Waals surface area contributed by atoms with Crippen LogP contribution in [0.2, 0.25) is 0 Å². The summed E-state index contributed by atoms with van der Waals surface area (Å²) < 4.78 is 14.8. The van der Waals surface area contributed by atoms with Crippen molar-refractivity contribution < 1.29 is 9.18 Å². The van der Waals surface area contributed by atoms with Gasteiger partial charge in [0, 0.05) is 17.5 Å². The molecule has 0 saturated carbocycles. The molecule has 1 aromatic carbocycles. The maximum absolute atomic E-state index is 13.9. The number of thiophene rings is 1. The van der Waals surface area contributed by atoms with Gasteiger partial charge in [-0.05, 0) is 65.8 Å². The topological polar surface area (TPSA) is 82.5 Å². The Hall–Kier alpha value is -2.25. The lowest BCUT2D eigenvalue weighted by Crippen LogP contribution is -2.53. The van der Waals surface area contributed by atoms with Crippen LogP contribution in [0, 0.1) is 26.0 Å². The number of carbonyl (C=O) groups is 1. The molecule has 0 fully saturated rings. The smallest absolute Gasteiger partial charge is 0.235 e. The van der Waals surface area contributed by atoms with Crippen LogP contribution >= 0.6 is 33.9 Å². The van der Waals surface area contributed by atoms with Gasteiger partial charge in [0.15, 0.2) is 5.96 Å². The molecular weight excluding hydrogens is 490 g/mol. The number of carbonyl (C=O) groups excluding carboxylic acids is 1. The molecule has 1 aliphatic rings. The molecule has 2 N–H and O–H groups in total. The van der Waals surface area contributed by atoms with Gasteiger partial charge in [-0.25, -0.2) is 9.38 Å². The zero-order valence-electron chi connectivity index (χ0n) is 15.4. The number of allylic oxidation sites excluding steroid dienone is 1. The van der Waals surface area contributed by atoms with Crippen LogP contribution in [0.15, 0.2) is 41.9 Å². The molecule has 0 bridgehead atoms. The number of halogens is 2. The second kappa shape index (κ2) is 7.64. The third-order valence-electron chi connectivity index (χ3n) is 4.92. The summed E-state index contributed by atoms with van der Waals surface area (Å²) in [6.07, 6.45) is 2.16. The van der Waals surface area contributed by atoms with Crippen LogP contribution < -0.4 is 5.73 Å². The zero-order chi connectivity index (χ0) is 20.6. The monoisotopic (exact) mass is 508 g/mol. The van der Waals surface area contributed by atoms with Gasteiger partial charge in [-0.15, -0.1) is 17.9 Å². The third kappa shape index (κ3) is 3.44. The summed E-state index contributed by atoms with van der Waals surface area (Å²) in [6, 6.07) is 8.14. The number of hydrogen-bond donors (Lipinski definition) is 1. The average Bonchev–Trinajstić information content (AvgIpc) is 3.05. The summed E-state index contributed by atoms with van der Waals surface area (Å²) in [6.45, 7) is 5.66. The molecule has 3 rings (SSSR count). The number of benzene rings is 1. The average molecular weight is 508 g/mol. The van der Waals surface area contributed by atoms with Gasteiger partial charge in [0.1, 0.15) is 11.4 Å². The minimum Gasteiger partial charge on any atom is -0.369 e. The van der Waals surface area contributed by atoms with Gasteiger partial charge in [-0.1, -0.05) is 6.08 Å². The van der Waals surface area contributed by atoms with E-state index >= 15 is 0 Å². The van der Waals surface area contributed by atoms with Crippen LogP contribution in [0.1, 0.15) is 23.8 Å². The fourth-order valence-electron chi connectivity index (χ4n) is 3.33. The number of nitrogens with zero attached hydrogens (tertiary/aromatic N) is 3. The molecule has 1 aliphatic heterocycles. The Kier molecular flexibility index (Phi) is 5.59.